The minimum Gasteiger partial charge on any atom is -0.488 e. The number of ether oxygens (including phenoxy) is 2. The number of halogens is 3. The van der Waals surface area contributed by atoms with Gasteiger partial charge in [0.05, 0.1) is 22.2 Å². The van der Waals surface area contributed by atoms with Gasteiger partial charge >= 0.3 is 11.9 Å². The molecule has 1 aromatic heterocycles. The number of nitro groups is 1. The van der Waals surface area contributed by atoms with E-state index in [4.69, 9.17) is 9.47 Å². The van der Waals surface area contributed by atoms with E-state index in [1.807, 2.05) is 23.9 Å². The van der Waals surface area contributed by atoms with Crippen molar-refractivity contribution in [2.45, 2.75) is 35.4 Å². The van der Waals surface area contributed by atoms with Crippen LogP contribution in [0.25, 0.3) is 0 Å². The van der Waals surface area contributed by atoms with Gasteiger partial charge in [0, 0.05) is 32.2 Å². The van der Waals surface area contributed by atoms with Crippen LogP contribution in [0, 0.1) is 10.1 Å². The van der Waals surface area contributed by atoms with Crippen LogP contribution in [0.3, 0.4) is 0 Å². The summed E-state index contributed by atoms with van der Waals surface area (Å²) in [7, 11) is -0.670. The second-order valence-corrected chi connectivity index (χ2v) is 11.8. The molecule has 0 aliphatic carbocycles. The molecule has 2 aliphatic heterocycles. The first-order valence-electron chi connectivity index (χ1n) is 11.0. The van der Waals surface area contributed by atoms with E-state index >= 15 is 0 Å². The molecule has 4 rings (SSSR count). The predicted molar refractivity (Wildman–Crippen MR) is 126 cm³/mol. The van der Waals surface area contributed by atoms with Crippen LogP contribution in [0.4, 0.5) is 24.5 Å². The fraction of sp³-hybridized carbons (Fsp3) is 0.524. The zero-order chi connectivity index (χ0) is 26.3. The fourth-order valence-corrected chi connectivity index (χ4v) is 6.49. The number of hydrogen-bond donors (Lipinski definition) is 1. The third-order valence-electron chi connectivity index (χ3n) is 5.92. The SMILES string of the molecule is CN1CCC(Oc2sc(S(=O)(=O)Nc3ccc(C(F)(F)F)c(O[C@@H]4CCN(C)C4)c3)cc2[N+](=O)[O-])C1. The standard InChI is InChI=1S/C21H25F3N4O6S2/c1-26-7-5-14(11-26)33-18-9-13(3-4-16(18)21(22,23)24)25-36(31,32)19-10-17(28(29)30)20(35-19)34-15-6-8-27(2)12-15/h3-4,9-10,14-15,25H,5-8,11-12H2,1-2H3/t14-,15?/m1/s1. The molecule has 0 bridgehead atoms. The Morgan fingerprint density at radius 3 is 2.22 bits per heavy atom. The van der Waals surface area contributed by atoms with Crippen LogP contribution < -0.4 is 14.2 Å². The first-order chi connectivity index (χ1) is 16.8. The Morgan fingerprint density at radius 1 is 1.08 bits per heavy atom. The van der Waals surface area contributed by atoms with Gasteiger partial charge in [0.2, 0.25) is 0 Å². The van der Waals surface area contributed by atoms with Gasteiger partial charge in [-0.3, -0.25) is 14.8 Å². The summed E-state index contributed by atoms with van der Waals surface area (Å²) in [4.78, 5) is 14.7. The van der Waals surface area contributed by atoms with E-state index in [-0.39, 0.29) is 16.9 Å². The molecular formula is C21H25F3N4O6S2. The van der Waals surface area contributed by atoms with Gasteiger partial charge in [-0.05, 0) is 39.1 Å². The summed E-state index contributed by atoms with van der Waals surface area (Å²) in [5.74, 6) is -0.491. The quantitative estimate of drug-likeness (QED) is 0.392. The molecule has 2 atom stereocenters. The van der Waals surface area contributed by atoms with Gasteiger partial charge in [-0.1, -0.05) is 11.3 Å². The van der Waals surface area contributed by atoms with Crippen LogP contribution in [0.1, 0.15) is 18.4 Å². The molecule has 0 radical (unpaired) electrons. The summed E-state index contributed by atoms with van der Waals surface area (Å²) in [5, 5.41) is 11.4. The maximum atomic E-state index is 13.5. The van der Waals surface area contributed by atoms with Gasteiger partial charge in [-0.15, -0.1) is 0 Å². The largest absolute Gasteiger partial charge is 0.488 e. The number of alkyl halides is 3. The number of sulfonamides is 1. The maximum absolute atomic E-state index is 13.5. The van der Waals surface area contributed by atoms with Crippen molar-refractivity contribution in [2.24, 2.45) is 0 Å². The highest BCUT2D eigenvalue weighted by Gasteiger charge is 2.36. The Labute approximate surface area is 209 Å². The molecule has 10 nitrogen and oxygen atoms in total. The lowest BCUT2D eigenvalue weighted by Crippen LogP contribution is -2.23. The van der Waals surface area contributed by atoms with Gasteiger partial charge < -0.3 is 19.3 Å². The topological polar surface area (TPSA) is 114 Å². The Morgan fingerprint density at radius 2 is 1.69 bits per heavy atom. The van der Waals surface area contributed by atoms with E-state index < -0.39 is 48.4 Å². The lowest BCUT2D eigenvalue weighted by Gasteiger charge is -2.19. The lowest BCUT2D eigenvalue weighted by molar-refractivity contribution is -0.385. The molecule has 0 amide bonds. The number of anilines is 1. The maximum Gasteiger partial charge on any atom is 0.419 e. The molecule has 2 aliphatic rings. The third kappa shape index (κ3) is 6.02. The number of nitrogens with zero attached hydrogens (tertiary/aromatic N) is 3. The summed E-state index contributed by atoms with van der Waals surface area (Å²) >= 11 is 0.590. The van der Waals surface area contributed by atoms with Crippen molar-refractivity contribution in [1.82, 2.24) is 9.80 Å². The van der Waals surface area contributed by atoms with Crippen LogP contribution in [-0.2, 0) is 16.2 Å². The highest BCUT2D eigenvalue weighted by molar-refractivity contribution is 7.94. The zero-order valence-electron chi connectivity index (χ0n) is 19.4. The van der Waals surface area contributed by atoms with Crippen molar-refractivity contribution in [1.29, 1.82) is 0 Å². The molecule has 198 valence electrons. The average molecular weight is 551 g/mol. The number of hydrogen-bond acceptors (Lipinski definition) is 9. The second-order valence-electron chi connectivity index (χ2n) is 8.89. The second kappa shape index (κ2) is 10.0. The van der Waals surface area contributed by atoms with Crippen LogP contribution in [0.5, 0.6) is 10.8 Å². The normalized spacial score (nSPS) is 21.6. The van der Waals surface area contributed by atoms with Gasteiger partial charge in [-0.25, -0.2) is 8.42 Å². The van der Waals surface area contributed by atoms with E-state index in [0.717, 1.165) is 30.8 Å². The van der Waals surface area contributed by atoms with Crippen LogP contribution in [0.15, 0.2) is 28.5 Å². The highest BCUT2D eigenvalue weighted by Crippen LogP contribution is 2.42. The fourth-order valence-electron chi connectivity index (χ4n) is 4.12. The third-order valence-corrected chi connectivity index (χ3v) is 8.79. The van der Waals surface area contributed by atoms with Crippen molar-refractivity contribution in [2.75, 3.05) is 45.0 Å². The number of nitrogens with one attached hydrogen (secondary N) is 1. The van der Waals surface area contributed by atoms with E-state index in [2.05, 4.69) is 4.72 Å². The highest BCUT2D eigenvalue weighted by atomic mass is 32.2. The minimum atomic E-state index is -4.70. The Kier molecular flexibility index (Phi) is 7.37. The van der Waals surface area contributed by atoms with E-state index in [1.165, 1.54) is 0 Å². The molecule has 1 N–H and O–H groups in total. The number of rotatable bonds is 8. The molecule has 1 unspecified atom stereocenters. The minimum absolute atomic E-state index is 0.137. The molecule has 1 aromatic carbocycles. The van der Waals surface area contributed by atoms with Gasteiger partial charge in [0.25, 0.3) is 15.1 Å². The Bertz CT molecular complexity index is 1240. The molecule has 2 fully saturated rings. The first kappa shape index (κ1) is 26.4. The number of benzene rings is 1. The van der Waals surface area contributed by atoms with Crippen molar-refractivity contribution < 1.29 is 36.0 Å². The predicted octanol–water partition coefficient (Wildman–Crippen LogP) is 3.64. The smallest absolute Gasteiger partial charge is 0.419 e. The van der Waals surface area contributed by atoms with Gasteiger partial charge in [-0.2, -0.15) is 13.2 Å². The molecule has 2 aromatic rings. The molecular weight excluding hydrogens is 525 g/mol. The van der Waals surface area contributed by atoms with Crippen LogP contribution in [0.2, 0.25) is 0 Å². The van der Waals surface area contributed by atoms with Crippen molar-refractivity contribution in [3.8, 4) is 10.8 Å². The van der Waals surface area contributed by atoms with E-state index in [1.54, 1.807) is 0 Å². The number of likely N-dealkylation sites (tertiary alicyclic amines) is 2. The Balaban J connectivity index is 1.59. The first-order valence-corrected chi connectivity index (χ1v) is 13.3. The summed E-state index contributed by atoms with van der Waals surface area (Å²) in [5.41, 5.74) is -1.68. The van der Waals surface area contributed by atoms with Crippen molar-refractivity contribution in [3.63, 3.8) is 0 Å². The Hall–Kier alpha value is -2.62. The van der Waals surface area contributed by atoms with E-state index in [9.17, 15) is 31.7 Å². The van der Waals surface area contributed by atoms with Crippen LogP contribution >= 0.6 is 11.3 Å². The van der Waals surface area contributed by atoms with Gasteiger partial charge in [0.15, 0.2) is 4.21 Å². The summed E-state index contributed by atoms with van der Waals surface area (Å²) in [6.07, 6.45) is -4.33. The molecule has 2 saturated heterocycles. The van der Waals surface area contributed by atoms with Crippen molar-refractivity contribution in [3.05, 3.63) is 39.9 Å². The molecule has 36 heavy (non-hydrogen) atoms. The monoisotopic (exact) mass is 550 g/mol. The van der Waals surface area contributed by atoms with Crippen molar-refractivity contribution >= 4 is 32.7 Å². The molecule has 0 spiro atoms. The average Bonchev–Trinajstić information content (AvgIpc) is 3.48. The molecule has 3 heterocycles. The zero-order valence-corrected chi connectivity index (χ0v) is 21.1. The van der Waals surface area contributed by atoms with Crippen LogP contribution in [-0.4, -0.2) is 75.6 Å². The summed E-state index contributed by atoms with van der Waals surface area (Å²) < 4.78 is 79.7. The lowest BCUT2D eigenvalue weighted by atomic mass is 10.1. The molecule has 15 heteroatoms. The summed E-state index contributed by atoms with van der Waals surface area (Å²) in [6, 6.07) is 3.58. The van der Waals surface area contributed by atoms with Gasteiger partial charge in [0.1, 0.15) is 18.0 Å². The molecule has 0 saturated carbocycles. The number of likely N-dealkylation sites (N-methyl/N-ethyl adjacent to an activating group) is 2. The van der Waals surface area contributed by atoms with E-state index in [0.29, 0.717) is 43.8 Å². The summed E-state index contributed by atoms with van der Waals surface area (Å²) in [6.45, 7) is 2.38. The number of thiophene rings is 1.